The summed E-state index contributed by atoms with van der Waals surface area (Å²) in [6, 6.07) is 17.1. The third-order valence-electron chi connectivity index (χ3n) is 5.72. The number of amides is 1. The second-order valence-corrected chi connectivity index (χ2v) is 7.56. The molecule has 32 heavy (non-hydrogen) atoms. The van der Waals surface area contributed by atoms with Crippen LogP contribution in [0.25, 0.3) is 0 Å². The van der Waals surface area contributed by atoms with Crippen LogP contribution in [-0.4, -0.2) is 54.1 Å². The Hall–Kier alpha value is -3.23. The summed E-state index contributed by atoms with van der Waals surface area (Å²) in [7, 11) is 1.68. The van der Waals surface area contributed by atoms with Gasteiger partial charge in [0.25, 0.3) is 5.91 Å². The van der Waals surface area contributed by atoms with Crippen LogP contribution >= 0.6 is 12.4 Å². The van der Waals surface area contributed by atoms with Gasteiger partial charge in [-0.05, 0) is 31.2 Å². The minimum absolute atomic E-state index is 0. The molecule has 1 atom stereocenters. The number of carbonyl (C=O) groups is 1. The van der Waals surface area contributed by atoms with Crippen LogP contribution in [0, 0.1) is 0 Å². The molecule has 2 heterocycles. The fourth-order valence-electron chi connectivity index (χ4n) is 4.03. The number of aromatic amines is 2. The molecule has 3 N–H and O–H groups in total. The normalized spacial score (nSPS) is 15.0. The van der Waals surface area contributed by atoms with E-state index in [0.717, 1.165) is 37.6 Å². The molecule has 1 unspecified atom stereocenters. The lowest BCUT2D eigenvalue weighted by Crippen LogP contribution is -2.47. The van der Waals surface area contributed by atoms with Crippen molar-refractivity contribution in [2.24, 2.45) is 0 Å². The highest BCUT2D eigenvalue weighted by Crippen LogP contribution is 2.30. The lowest BCUT2D eigenvalue weighted by atomic mass is 10.1. The number of nitrogens with zero attached hydrogens (tertiary/aromatic N) is 2. The molecule has 170 valence electrons. The van der Waals surface area contributed by atoms with Crippen LogP contribution in [0.2, 0.25) is 0 Å². The van der Waals surface area contributed by atoms with Crippen molar-refractivity contribution in [1.82, 2.24) is 14.9 Å². The third-order valence-corrected chi connectivity index (χ3v) is 5.72. The fourth-order valence-corrected chi connectivity index (χ4v) is 4.03. The van der Waals surface area contributed by atoms with Crippen LogP contribution in [0.5, 0.6) is 5.75 Å². The predicted molar refractivity (Wildman–Crippen MR) is 128 cm³/mol. The predicted octanol–water partition coefficient (Wildman–Crippen LogP) is 3.27. The minimum atomic E-state index is -0.382. The number of piperazine rings is 1. The molecule has 1 saturated heterocycles. The van der Waals surface area contributed by atoms with Gasteiger partial charge in [0.05, 0.1) is 18.5 Å². The van der Waals surface area contributed by atoms with E-state index >= 15 is 0 Å². The third kappa shape index (κ3) is 4.98. The molecule has 1 fully saturated rings. The number of ether oxygens (including phenoxy) is 1. The van der Waals surface area contributed by atoms with E-state index in [1.165, 1.54) is 0 Å². The van der Waals surface area contributed by atoms with E-state index in [2.05, 4.69) is 31.2 Å². The first-order valence-corrected chi connectivity index (χ1v) is 10.4. The number of nitrogens with one attached hydrogen (secondary N) is 3. The van der Waals surface area contributed by atoms with E-state index in [1.807, 2.05) is 55.5 Å². The zero-order valence-electron chi connectivity index (χ0n) is 18.1. The van der Waals surface area contributed by atoms with Gasteiger partial charge < -0.3 is 24.9 Å². The molecule has 0 aliphatic carbocycles. The summed E-state index contributed by atoms with van der Waals surface area (Å²) in [5.74, 6) is 0.526. The number of hydrogen-bond acceptors (Lipinski definition) is 5. The molecule has 0 saturated carbocycles. The molecular weight excluding hydrogens is 430 g/mol. The van der Waals surface area contributed by atoms with E-state index in [1.54, 1.807) is 7.11 Å². The Balaban J connectivity index is 0.00000289. The van der Waals surface area contributed by atoms with Crippen LogP contribution in [0.3, 0.4) is 0 Å². The van der Waals surface area contributed by atoms with Crippen LogP contribution in [0.1, 0.15) is 29.1 Å². The van der Waals surface area contributed by atoms with Gasteiger partial charge in [-0.1, -0.05) is 30.3 Å². The smallest absolute Gasteiger partial charge is 0.323 e. The van der Waals surface area contributed by atoms with Gasteiger partial charge >= 0.3 is 5.69 Å². The van der Waals surface area contributed by atoms with Gasteiger partial charge in [0.2, 0.25) is 0 Å². The Labute approximate surface area is 193 Å². The molecule has 8 nitrogen and oxygen atoms in total. The first-order valence-electron chi connectivity index (χ1n) is 10.4. The largest absolute Gasteiger partial charge is 0.495 e. The average Bonchev–Trinajstić information content (AvgIpc) is 3.21. The van der Waals surface area contributed by atoms with Crippen LogP contribution < -0.4 is 20.6 Å². The highest BCUT2D eigenvalue weighted by atomic mass is 35.5. The molecule has 9 heteroatoms. The summed E-state index contributed by atoms with van der Waals surface area (Å²) in [6.45, 7) is 5.26. The molecule has 0 radical (unpaired) electrons. The van der Waals surface area contributed by atoms with Gasteiger partial charge in [-0.3, -0.25) is 9.69 Å². The zero-order chi connectivity index (χ0) is 21.8. The van der Waals surface area contributed by atoms with E-state index in [9.17, 15) is 9.59 Å². The number of rotatable bonds is 6. The first kappa shape index (κ1) is 23.4. The molecule has 2 aromatic carbocycles. The topological polar surface area (TPSA) is 93.5 Å². The van der Waals surface area contributed by atoms with Gasteiger partial charge in [0.15, 0.2) is 0 Å². The van der Waals surface area contributed by atoms with E-state index in [4.69, 9.17) is 4.74 Å². The van der Waals surface area contributed by atoms with Crippen molar-refractivity contribution in [3.63, 3.8) is 0 Å². The van der Waals surface area contributed by atoms with Gasteiger partial charge in [-0.15, -0.1) is 12.4 Å². The van der Waals surface area contributed by atoms with Crippen molar-refractivity contribution >= 4 is 29.7 Å². The Morgan fingerprint density at radius 1 is 1.00 bits per heavy atom. The number of methoxy groups -OCH3 is 1. The maximum Gasteiger partial charge on any atom is 0.323 e. The summed E-state index contributed by atoms with van der Waals surface area (Å²) < 4.78 is 5.49. The molecule has 0 bridgehead atoms. The summed E-state index contributed by atoms with van der Waals surface area (Å²) >= 11 is 0. The number of halogens is 1. The minimum Gasteiger partial charge on any atom is -0.495 e. The summed E-state index contributed by atoms with van der Waals surface area (Å²) in [5, 5.41) is 2.84. The standard InChI is InChI=1S/C23H27N5O3.ClH/c1-16(27-12-14-28(15-13-27)18-10-6-7-11-19(18)31-2)20-21(26-23(30)25-20)22(29)24-17-8-4-3-5-9-17;/h3-11,16H,12-15H2,1-2H3,(H,24,29)(H2,25,26,30);1H. The van der Waals surface area contributed by atoms with Crippen molar-refractivity contribution in [2.45, 2.75) is 13.0 Å². The highest BCUT2D eigenvalue weighted by Gasteiger charge is 2.28. The monoisotopic (exact) mass is 457 g/mol. The van der Waals surface area contributed by atoms with Crippen LogP contribution in [0.4, 0.5) is 11.4 Å². The Morgan fingerprint density at radius 2 is 1.66 bits per heavy atom. The second-order valence-electron chi connectivity index (χ2n) is 7.56. The van der Waals surface area contributed by atoms with E-state index in [-0.39, 0.29) is 35.7 Å². The Morgan fingerprint density at radius 3 is 2.34 bits per heavy atom. The number of anilines is 2. The fraction of sp³-hybridized carbons (Fsp3) is 0.304. The Kier molecular flexibility index (Phi) is 7.61. The number of benzene rings is 2. The maximum atomic E-state index is 12.8. The molecule has 1 aliphatic rings. The average molecular weight is 458 g/mol. The second kappa shape index (κ2) is 10.4. The van der Waals surface area contributed by atoms with Crippen LogP contribution in [-0.2, 0) is 0 Å². The number of carbonyl (C=O) groups excluding carboxylic acids is 1. The molecular formula is C23H28ClN5O3. The SMILES string of the molecule is COc1ccccc1N1CCN(C(C)c2[nH]c(=O)[nH]c2C(=O)Nc2ccccc2)CC1.Cl. The van der Waals surface area contributed by atoms with Gasteiger partial charge in [0.1, 0.15) is 11.4 Å². The molecule has 1 aromatic heterocycles. The van der Waals surface area contributed by atoms with Crippen molar-refractivity contribution in [3.05, 3.63) is 76.5 Å². The maximum absolute atomic E-state index is 12.8. The summed E-state index contributed by atoms with van der Waals surface area (Å²) in [4.78, 5) is 34.9. The number of hydrogen-bond donors (Lipinski definition) is 3. The van der Waals surface area contributed by atoms with Gasteiger partial charge in [-0.25, -0.2) is 4.79 Å². The molecule has 1 aliphatic heterocycles. The van der Waals surface area contributed by atoms with Crippen molar-refractivity contribution < 1.29 is 9.53 Å². The van der Waals surface area contributed by atoms with Crippen molar-refractivity contribution in [1.29, 1.82) is 0 Å². The number of imidazole rings is 1. The lowest BCUT2D eigenvalue weighted by Gasteiger charge is -2.39. The highest BCUT2D eigenvalue weighted by molar-refractivity contribution is 6.03. The van der Waals surface area contributed by atoms with Gasteiger partial charge in [0, 0.05) is 37.9 Å². The Bertz CT molecular complexity index is 1090. The molecule has 3 aromatic rings. The van der Waals surface area contributed by atoms with Crippen molar-refractivity contribution in [2.75, 3.05) is 43.5 Å². The number of H-pyrrole nitrogens is 2. The molecule has 4 rings (SSSR count). The van der Waals surface area contributed by atoms with E-state index in [0.29, 0.717) is 11.4 Å². The summed E-state index contributed by atoms with van der Waals surface area (Å²) in [5.41, 5.74) is 2.25. The zero-order valence-corrected chi connectivity index (χ0v) is 18.9. The number of para-hydroxylation sites is 3. The van der Waals surface area contributed by atoms with Gasteiger partial charge in [-0.2, -0.15) is 0 Å². The quantitative estimate of drug-likeness (QED) is 0.528. The molecule has 1 amide bonds. The first-order chi connectivity index (χ1) is 15.1. The molecule has 0 spiro atoms. The number of aromatic nitrogens is 2. The van der Waals surface area contributed by atoms with Crippen LogP contribution in [0.15, 0.2) is 59.4 Å². The summed E-state index contributed by atoms with van der Waals surface area (Å²) in [6.07, 6.45) is 0. The van der Waals surface area contributed by atoms with Crippen molar-refractivity contribution in [3.8, 4) is 5.75 Å². The van der Waals surface area contributed by atoms with E-state index < -0.39 is 0 Å². The lowest BCUT2D eigenvalue weighted by molar-refractivity contribution is 0.101.